The smallest absolute Gasteiger partial charge is 0.160 e. The number of para-hydroxylation sites is 1. The van der Waals surface area contributed by atoms with E-state index < -0.39 is 5.41 Å². The summed E-state index contributed by atoms with van der Waals surface area (Å²) < 4.78 is 6.17. The van der Waals surface area contributed by atoms with Gasteiger partial charge in [-0.05, 0) is 91.7 Å². The Balaban J connectivity index is 1.09. The van der Waals surface area contributed by atoms with Gasteiger partial charge in [-0.15, -0.1) is 0 Å². The molecular weight excluding hydrogens is 729 g/mol. The molecule has 0 spiro atoms. The van der Waals surface area contributed by atoms with Crippen molar-refractivity contribution in [2.75, 3.05) is 0 Å². The van der Waals surface area contributed by atoms with Crippen LogP contribution in [-0.2, 0) is 5.41 Å². The molecule has 0 amide bonds. The molecule has 0 N–H and O–H groups in total. The second kappa shape index (κ2) is 13.6. The maximum absolute atomic E-state index is 6.17. The van der Waals surface area contributed by atoms with Gasteiger partial charge in [-0.2, -0.15) is 0 Å². The predicted octanol–water partition coefficient (Wildman–Crippen LogP) is 14.6. The van der Waals surface area contributed by atoms with Crippen LogP contribution in [0.15, 0.2) is 223 Å². The van der Waals surface area contributed by atoms with Crippen molar-refractivity contribution in [2.45, 2.75) is 5.41 Å². The fraction of sp³-hybridized carbons (Fsp3) is 0.0175. The molecule has 0 bridgehead atoms. The molecule has 0 unspecified atom stereocenters. The van der Waals surface area contributed by atoms with Crippen molar-refractivity contribution < 1.29 is 4.42 Å². The molecule has 0 saturated carbocycles. The van der Waals surface area contributed by atoms with Crippen LogP contribution < -0.4 is 0 Å². The van der Waals surface area contributed by atoms with Gasteiger partial charge in [0.25, 0.3) is 0 Å². The Morgan fingerprint density at radius 3 is 1.82 bits per heavy atom. The minimum Gasteiger partial charge on any atom is -0.456 e. The molecule has 12 rings (SSSR count). The normalized spacial score (nSPS) is 12.8. The lowest BCUT2D eigenvalue weighted by Gasteiger charge is -2.33. The lowest BCUT2D eigenvalue weighted by molar-refractivity contribution is 0.669. The summed E-state index contributed by atoms with van der Waals surface area (Å²) in [6.07, 6.45) is 0. The molecule has 1 aliphatic rings. The van der Waals surface area contributed by atoms with Gasteiger partial charge in [0.05, 0.1) is 16.8 Å². The summed E-state index contributed by atoms with van der Waals surface area (Å²) in [5.74, 6) is 0.686. The zero-order valence-electron chi connectivity index (χ0n) is 32.6. The first-order valence-corrected chi connectivity index (χ1v) is 20.5. The molecule has 9 aromatic carbocycles. The fourth-order valence-electron chi connectivity index (χ4n) is 9.66. The lowest BCUT2D eigenvalue weighted by Crippen LogP contribution is -2.28. The first kappa shape index (κ1) is 34.2. The molecule has 3 nitrogen and oxygen atoms in total. The van der Waals surface area contributed by atoms with Crippen LogP contribution >= 0.6 is 0 Å². The number of benzene rings is 9. The summed E-state index contributed by atoms with van der Waals surface area (Å²) in [6, 6.07) is 78.1. The zero-order valence-corrected chi connectivity index (χ0v) is 32.6. The number of rotatable bonds is 6. The molecule has 2 heterocycles. The molecule has 0 atom stereocenters. The van der Waals surface area contributed by atoms with Gasteiger partial charge in [0, 0.05) is 27.5 Å². The van der Waals surface area contributed by atoms with Crippen LogP contribution in [0.2, 0.25) is 0 Å². The highest BCUT2D eigenvalue weighted by Gasteiger charge is 2.46. The Bertz CT molecular complexity index is 3400. The van der Waals surface area contributed by atoms with E-state index in [1.54, 1.807) is 0 Å². The van der Waals surface area contributed by atoms with E-state index in [-0.39, 0.29) is 0 Å². The molecule has 11 aromatic rings. The molecule has 0 saturated heterocycles. The highest BCUT2D eigenvalue weighted by molar-refractivity contribution is 6.06. The minimum atomic E-state index is -0.517. The maximum Gasteiger partial charge on any atom is 0.160 e. The predicted molar refractivity (Wildman–Crippen MR) is 246 cm³/mol. The van der Waals surface area contributed by atoms with Crippen LogP contribution in [0.25, 0.3) is 88.9 Å². The van der Waals surface area contributed by atoms with Crippen LogP contribution in [0.1, 0.15) is 22.3 Å². The van der Waals surface area contributed by atoms with Crippen LogP contribution in [-0.4, -0.2) is 9.97 Å². The number of fused-ring (bicyclic) bond motifs is 7. The number of nitrogens with zero attached hydrogens (tertiary/aromatic N) is 2. The van der Waals surface area contributed by atoms with Crippen molar-refractivity contribution in [3.63, 3.8) is 0 Å². The van der Waals surface area contributed by atoms with E-state index in [4.69, 9.17) is 14.4 Å². The first-order valence-electron chi connectivity index (χ1n) is 20.5. The van der Waals surface area contributed by atoms with Gasteiger partial charge >= 0.3 is 0 Å². The molecule has 60 heavy (non-hydrogen) atoms. The Morgan fingerprint density at radius 1 is 0.350 bits per heavy atom. The molecule has 1 aliphatic carbocycles. The summed E-state index contributed by atoms with van der Waals surface area (Å²) >= 11 is 0. The van der Waals surface area contributed by atoms with Gasteiger partial charge in [-0.1, -0.05) is 182 Å². The van der Waals surface area contributed by atoms with Crippen molar-refractivity contribution in [3.05, 3.63) is 241 Å². The molecule has 0 fully saturated rings. The molecule has 0 radical (unpaired) electrons. The van der Waals surface area contributed by atoms with Crippen LogP contribution in [0.4, 0.5) is 0 Å². The van der Waals surface area contributed by atoms with Crippen molar-refractivity contribution in [1.29, 1.82) is 0 Å². The van der Waals surface area contributed by atoms with E-state index in [0.717, 1.165) is 66.5 Å². The summed E-state index contributed by atoms with van der Waals surface area (Å²) in [7, 11) is 0. The van der Waals surface area contributed by atoms with Gasteiger partial charge in [0.1, 0.15) is 11.2 Å². The van der Waals surface area contributed by atoms with E-state index >= 15 is 0 Å². The standard InChI is InChI=1S/C57H36N2O/c1-3-19-43(20-4-1)57(44-21-5-2-6-22-44)49-26-11-9-24-46(49)55-47(25-14-27-50(55)57)52-36-51(58-56(59-52)42-30-29-37-15-7-8-16-38(37)34-42)41-18-13-17-39(33-41)40-31-32-54-48(35-40)45-23-10-12-28-53(45)60-54/h1-36H. The van der Waals surface area contributed by atoms with Gasteiger partial charge in [-0.25, -0.2) is 9.97 Å². The first-order chi connectivity index (χ1) is 29.7. The number of hydrogen-bond acceptors (Lipinski definition) is 3. The van der Waals surface area contributed by atoms with Crippen LogP contribution in [0.3, 0.4) is 0 Å². The summed E-state index contributed by atoms with van der Waals surface area (Å²) in [4.78, 5) is 10.8. The van der Waals surface area contributed by atoms with Crippen molar-refractivity contribution in [3.8, 4) is 56.2 Å². The average Bonchev–Trinajstić information content (AvgIpc) is 3.85. The lowest BCUT2D eigenvalue weighted by atomic mass is 9.67. The number of aromatic nitrogens is 2. The summed E-state index contributed by atoms with van der Waals surface area (Å²) in [6.45, 7) is 0. The van der Waals surface area contributed by atoms with E-state index in [1.807, 2.05) is 12.1 Å². The Labute approximate surface area is 347 Å². The third-order valence-corrected chi connectivity index (χ3v) is 12.4. The number of furan rings is 1. The molecule has 3 heteroatoms. The Morgan fingerprint density at radius 2 is 0.967 bits per heavy atom. The topological polar surface area (TPSA) is 38.9 Å². The van der Waals surface area contributed by atoms with Crippen molar-refractivity contribution >= 4 is 32.7 Å². The molecular formula is C57H36N2O. The summed E-state index contributed by atoms with van der Waals surface area (Å²) in [5.41, 5.74) is 15.7. The second-order valence-electron chi connectivity index (χ2n) is 15.7. The largest absolute Gasteiger partial charge is 0.456 e. The Hall–Kier alpha value is -7.88. The van der Waals surface area contributed by atoms with Gasteiger partial charge in [-0.3, -0.25) is 0 Å². The highest BCUT2D eigenvalue weighted by atomic mass is 16.3. The van der Waals surface area contributed by atoms with Crippen LogP contribution in [0.5, 0.6) is 0 Å². The van der Waals surface area contributed by atoms with E-state index in [1.165, 1.54) is 38.8 Å². The van der Waals surface area contributed by atoms with Crippen LogP contribution in [0, 0.1) is 0 Å². The third kappa shape index (κ3) is 5.30. The van der Waals surface area contributed by atoms with Gasteiger partial charge < -0.3 is 4.42 Å². The molecule has 2 aromatic heterocycles. The second-order valence-corrected chi connectivity index (χ2v) is 15.7. The monoisotopic (exact) mass is 764 g/mol. The van der Waals surface area contributed by atoms with Crippen molar-refractivity contribution in [1.82, 2.24) is 9.97 Å². The fourth-order valence-corrected chi connectivity index (χ4v) is 9.66. The SMILES string of the molecule is c1ccc(C2(c3ccccc3)c3ccccc3-c3c(-c4cc(-c5cccc(-c6ccc7oc8ccccc8c7c6)c5)nc(-c5ccc6ccccc6c5)n4)cccc32)cc1. The molecule has 280 valence electrons. The van der Waals surface area contributed by atoms with Gasteiger partial charge in [0.15, 0.2) is 5.82 Å². The molecule has 0 aliphatic heterocycles. The summed E-state index contributed by atoms with van der Waals surface area (Å²) in [5, 5.41) is 4.56. The van der Waals surface area contributed by atoms with Crippen molar-refractivity contribution in [2.24, 2.45) is 0 Å². The van der Waals surface area contributed by atoms with E-state index in [9.17, 15) is 0 Å². The average molecular weight is 765 g/mol. The van der Waals surface area contributed by atoms with Gasteiger partial charge in [0.2, 0.25) is 0 Å². The highest BCUT2D eigenvalue weighted by Crippen LogP contribution is 2.58. The zero-order chi connectivity index (χ0) is 39.6. The third-order valence-electron chi connectivity index (χ3n) is 12.4. The quantitative estimate of drug-likeness (QED) is 0.169. The number of hydrogen-bond donors (Lipinski definition) is 0. The van der Waals surface area contributed by atoms with E-state index in [2.05, 4.69) is 206 Å². The van der Waals surface area contributed by atoms with E-state index in [0.29, 0.717) is 5.82 Å². The maximum atomic E-state index is 6.17. The Kier molecular flexibility index (Phi) is 7.76. The minimum absolute atomic E-state index is 0.517.